The third-order valence-corrected chi connectivity index (χ3v) is 4.40. The molecule has 1 aliphatic carbocycles. The molecule has 0 amide bonds. The van der Waals surface area contributed by atoms with Gasteiger partial charge in [-0.25, -0.2) is 13.6 Å². The van der Waals surface area contributed by atoms with Crippen molar-refractivity contribution in [3.8, 4) is 0 Å². The highest BCUT2D eigenvalue weighted by molar-refractivity contribution is 7.89. The molecular formula is C12H18N2O2S. The van der Waals surface area contributed by atoms with Crippen LogP contribution in [-0.4, -0.2) is 14.5 Å². The number of primary sulfonamides is 1. The Morgan fingerprint density at radius 2 is 2.00 bits per heavy atom. The molecule has 1 unspecified atom stereocenters. The highest BCUT2D eigenvalue weighted by atomic mass is 32.2. The number of hydrogen-bond donors (Lipinski definition) is 2. The van der Waals surface area contributed by atoms with E-state index in [2.05, 4.69) is 12.2 Å². The molecule has 2 rings (SSSR count). The fraction of sp³-hybridized carbons (Fsp3) is 0.500. The Labute approximate surface area is 102 Å². The maximum atomic E-state index is 11.4. The van der Waals surface area contributed by atoms with E-state index in [0.29, 0.717) is 11.6 Å². The van der Waals surface area contributed by atoms with E-state index in [1.165, 1.54) is 25.3 Å². The lowest BCUT2D eigenvalue weighted by atomic mass is 9.80. The van der Waals surface area contributed by atoms with Gasteiger partial charge in [0.15, 0.2) is 0 Å². The molecule has 0 aromatic heterocycles. The van der Waals surface area contributed by atoms with Crippen LogP contribution in [0.5, 0.6) is 0 Å². The first kappa shape index (κ1) is 12.4. The van der Waals surface area contributed by atoms with Crippen LogP contribution < -0.4 is 10.5 Å². The molecule has 5 heteroatoms. The summed E-state index contributed by atoms with van der Waals surface area (Å²) in [6, 6.07) is 7.07. The minimum atomic E-state index is -3.66. The van der Waals surface area contributed by atoms with Gasteiger partial charge in [-0.3, -0.25) is 0 Å². The first-order chi connectivity index (χ1) is 7.98. The van der Waals surface area contributed by atoms with Crippen molar-refractivity contribution in [2.75, 3.05) is 5.32 Å². The van der Waals surface area contributed by atoms with Crippen LogP contribution in [0, 0.1) is 5.92 Å². The molecule has 4 nitrogen and oxygen atoms in total. The molecule has 0 saturated heterocycles. The number of benzene rings is 1. The lowest BCUT2D eigenvalue weighted by Gasteiger charge is -2.32. The SMILES string of the molecule is CC(Nc1ccccc1S(N)(=O)=O)C1CCC1. The van der Waals surface area contributed by atoms with Crippen molar-refractivity contribution in [2.45, 2.75) is 37.1 Å². The fourth-order valence-electron chi connectivity index (χ4n) is 2.14. The van der Waals surface area contributed by atoms with Crippen LogP contribution in [0.15, 0.2) is 29.2 Å². The number of sulfonamides is 1. The summed E-state index contributed by atoms with van der Waals surface area (Å²) >= 11 is 0. The molecule has 1 aromatic rings. The molecule has 0 spiro atoms. The zero-order valence-corrected chi connectivity index (χ0v) is 10.7. The second-order valence-corrected chi connectivity index (χ2v) is 6.20. The van der Waals surface area contributed by atoms with Crippen LogP contribution in [0.2, 0.25) is 0 Å². The van der Waals surface area contributed by atoms with E-state index in [9.17, 15) is 8.42 Å². The molecule has 1 saturated carbocycles. The molecule has 94 valence electrons. The van der Waals surface area contributed by atoms with E-state index in [1.807, 2.05) is 6.07 Å². The van der Waals surface area contributed by atoms with Gasteiger partial charge in [-0.15, -0.1) is 0 Å². The van der Waals surface area contributed by atoms with Crippen molar-refractivity contribution in [3.05, 3.63) is 24.3 Å². The van der Waals surface area contributed by atoms with Gasteiger partial charge in [0.25, 0.3) is 0 Å². The highest BCUT2D eigenvalue weighted by Crippen LogP contribution is 2.32. The van der Waals surface area contributed by atoms with Gasteiger partial charge >= 0.3 is 0 Å². The van der Waals surface area contributed by atoms with E-state index < -0.39 is 10.0 Å². The minimum Gasteiger partial charge on any atom is -0.381 e. The predicted octanol–water partition coefficient (Wildman–Crippen LogP) is 1.93. The Kier molecular flexibility index (Phi) is 3.40. The average molecular weight is 254 g/mol. The summed E-state index contributed by atoms with van der Waals surface area (Å²) in [6.45, 7) is 2.09. The summed E-state index contributed by atoms with van der Waals surface area (Å²) in [6.07, 6.45) is 3.70. The Morgan fingerprint density at radius 3 is 2.53 bits per heavy atom. The molecule has 1 fully saturated rings. The molecule has 1 aliphatic rings. The lowest BCUT2D eigenvalue weighted by molar-refractivity contribution is 0.285. The molecule has 17 heavy (non-hydrogen) atoms. The third kappa shape index (κ3) is 2.79. The van der Waals surface area contributed by atoms with Gasteiger partial charge in [0.05, 0.1) is 5.69 Å². The summed E-state index contributed by atoms with van der Waals surface area (Å²) < 4.78 is 22.9. The quantitative estimate of drug-likeness (QED) is 0.862. The molecule has 0 radical (unpaired) electrons. The number of para-hydroxylation sites is 1. The molecular weight excluding hydrogens is 236 g/mol. The summed E-state index contributed by atoms with van der Waals surface area (Å²) in [7, 11) is -3.66. The third-order valence-electron chi connectivity index (χ3n) is 3.43. The highest BCUT2D eigenvalue weighted by Gasteiger charge is 2.25. The van der Waals surface area contributed by atoms with E-state index in [-0.39, 0.29) is 10.9 Å². The van der Waals surface area contributed by atoms with Crippen molar-refractivity contribution >= 4 is 15.7 Å². The van der Waals surface area contributed by atoms with E-state index in [4.69, 9.17) is 5.14 Å². The summed E-state index contributed by atoms with van der Waals surface area (Å²) in [5.41, 5.74) is 0.606. The van der Waals surface area contributed by atoms with Crippen molar-refractivity contribution in [1.29, 1.82) is 0 Å². The summed E-state index contributed by atoms with van der Waals surface area (Å²) in [4.78, 5) is 0.172. The molecule has 3 N–H and O–H groups in total. The van der Waals surface area contributed by atoms with Crippen molar-refractivity contribution in [3.63, 3.8) is 0 Å². The van der Waals surface area contributed by atoms with Crippen LogP contribution in [0.1, 0.15) is 26.2 Å². The summed E-state index contributed by atoms with van der Waals surface area (Å²) in [5, 5.41) is 8.45. The van der Waals surface area contributed by atoms with E-state index in [1.54, 1.807) is 12.1 Å². The average Bonchev–Trinajstić information content (AvgIpc) is 2.13. The zero-order chi connectivity index (χ0) is 12.5. The van der Waals surface area contributed by atoms with Crippen LogP contribution >= 0.6 is 0 Å². The van der Waals surface area contributed by atoms with Gasteiger partial charge in [0, 0.05) is 6.04 Å². The van der Waals surface area contributed by atoms with Crippen molar-refractivity contribution in [2.24, 2.45) is 11.1 Å². The normalized spacial score (nSPS) is 18.5. The van der Waals surface area contributed by atoms with Gasteiger partial charge < -0.3 is 5.32 Å². The number of nitrogens with one attached hydrogen (secondary N) is 1. The Balaban J connectivity index is 2.20. The second-order valence-electron chi connectivity index (χ2n) is 4.67. The van der Waals surface area contributed by atoms with Crippen LogP contribution in [0.4, 0.5) is 5.69 Å². The van der Waals surface area contributed by atoms with Gasteiger partial charge in [-0.1, -0.05) is 18.6 Å². The number of nitrogens with two attached hydrogens (primary N) is 1. The molecule has 1 atom stereocenters. The zero-order valence-electron chi connectivity index (χ0n) is 9.89. The smallest absolute Gasteiger partial charge is 0.240 e. The van der Waals surface area contributed by atoms with Gasteiger partial charge in [-0.05, 0) is 37.8 Å². The Hall–Kier alpha value is -1.07. The largest absolute Gasteiger partial charge is 0.381 e. The number of hydrogen-bond acceptors (Lipinski definition) is 3. The van der Waals surface area contributed by atoms with Crippen molar-refractivity contribution in [1.82, 2.24) is 0 Å². The first-order valence-corrected chi connectivity index (χ1v) is 7.41. The molecule has 0 heterocycles. The fourth-order valence-corrected chi connectivity index (χ4v) is 2.84. The first-order valence-electron chi connectivity index (χ1n) is 5.87. The summed E-state index contributed by atoms with van der Waals surface area (Å²) in [5.74, 6) is 0.642. The Morgan fingerprint density at radius 1 is 1.35 bits per heavy atom. The molecule has 0 bridgehead atoms. The van der Waals surface area contributed by atoms with Gasteiger partial charge in [0.1, 0.15) is 4.90 Å². The monoisotopic (exact) mass is 254 g/mol. The van der Waals surface area contributed by atoms with Crippen LogP contribution in [0.3, 0.4) is 0 Å². The van der Waals surface area contributed by atoms with Crippen molar-refractivity contribution < 1.29 is 8.42 Å². The van der Waals surface area contributed by atoms with E-state index >= 15 is 0 Å². The standard InChI is InChI=1S/C12H18N2O2S/c1-9(10-5-4-6-10)14-11-7-2-3-8-12(11)17(13,15)16/h2-3,7-10,14H,4-6H2,1H3,(H2,13,15,16). The molecule has 0 aliphatic heterocycles. The van der Waals surface area contributed by atoms with Crippen LogP contribution in [-0.2, 0) is 10.0 Å². The van der Waals surface area contributed by atoms with Gasteiger partial charge in [-0.2, -0.15) is 0 Å². The second kappa shape index (κ2) is 4.66. The van der Waals surface area contributed by atoms with E-state index in [0.717, 1.165) is 0 Å². The maximum absolute atomic E-state index is 11.4. The van der Waals surface area contributed by atoms with Gasteiger partial charge in [0.2, 0.25) is 10.0 Å². The topological polar surface area (TPSA) is 72.2 Å². The number of anilines is 1. The predicted molar refractivity (Wildman–Crippen MR) is 68.2 cm³/mol. The van der Waals surface area contributed by atoms with Crippen LogP contribution in [0.25, 0.3) is 0 Å². The number of rotatable bonds is 4. The Bertz CT molecular complexity index is 495. The maximum Gasteiger partial charge on any atom is 0.240 e. The minimum absolute atomic E-state index is 0.172. The lowest BCUT2D eigenvalue weighted by Crippen LogP contribution is -2.31. The molecule has 1 aromatic carbocycles.